The van der Waals surface area contributed by atoms with E-state index in [-0.39, 0.29) is 11.0 Å². The first kappa shape index (κ1) is 15.0. The summed E-state index contributed by atoms with van der Waals surface area (Å²) in [4.78, 5) is 8.11. The molecular weight excluding hydrogens is 271 g/mol. The molecule has 1 aromatic heterocycles. The molecule has 0 aliphatic rings. The molecule has 0 saturated carbocycles. The zero-order valence-electron chi connectivity index (χ0n) is 9.96. The summed E-state index contributed by atoms with van der Waals surface area (Å²) in [7, 11) is 1.61. The third-order valence-electron chi connectivity index (χ3n) is 2.10. The van der Waals surface area contributed by atoms with Gasteiger partial charge in [-0.3, -0.25) is 0 Å². The first-order valence-corrected chi connectivity index (χ1v) is 5.63. The quantitative estimate of drug-likeness (QED) is 0.615. The molecule has 0 amide bonds. The summed E-state index contributed by atoms with van der Waals surface area (Å²) in [5, 5.41) is -0.240. The normalized spacial score (nSPS) is 11.7. The number of rotatable bonds is 5. The lowest BCUT2D eigenvalue weighted by atomic mass is 10.4. The summed E-state index contributed by atoms with van der Waals surface area (Å²) >= 11 is 5.55. The highest BCUT2D eigenvalue weighted by Crippen LogP contribution is 2.28. The van der Waals surface area contributed by atoms with Crippen molar-refractivity contribution in [3.8, 4) is 0 Å². The molecule has 0 saturated heterocycles. The predicted molar refractivity (Wildman–Crippen MR) is 61.8 cm³/mol. The highest BCUT2D eigenvalue weighted by molar-refractivity contribution is 6.29. The number of anilines is 1. The van der Waals surface area contributed by atoms with Gasteiger partial charge in [0.05, 0.1) is 6.61 Å². The second kappa shape index (κ2) is 6.19. The van der Waals surface area contributed by atoms with Crippen molar-refractivity contribution in [1.29, 1.82) is 0 Å². The summed E-state index contributed by atoms with van der Waals surface area (Å²) in [6.45, 7) is 3.20. The fourth-order valence-electron chi connectivity index (χ4n) is 1.19. The van der Waals surface area contributed by atoms with Crippen molar-refractivity contribution >= 4 is 17.4 Å². The Morgan fingerprint density at radius 3 is 2.61 bits per heavy atom. The van der Waals surface area contributed by atoms with Crippen LogP contribution in [0.5, 0.6) is 0 Å². The maximum Gasteiger partial charge on any atom is 0.451 e. The van der Waals surface area contributed by atoms with Crippen LogP contribution < -0.4 is 4.90 Å². The van der Waals surface area contributed by atoms with E-state index in [0.717, 1.165) is 0 Å². The maximum atomic E-state index is 12.5. The highest BCUT2D eigenvalue weighted by Gasteiger charge is 2.35. The molecule has 0 atom stereocenters. The van der Waals surface area contributed by atoms with Gasteiger partial charge in [-0.1, -0.05) is 11.6 Å². The number of ether oxygens (including phenoxy) is 1. The Balaban J connectivity index is 2.85. The number of aromatic nitrogens is 2. The number of hydrogen-bond donors (Lipinski definition) is 0. The third-order valence-corrected chi connectivity index (χ3v) is 2.29. The van der Waals surface area contributed by atoms with Crippen LogP contribution in [0.15, 0.2) is 6.07 Å². The molecule has 0 aliphatic heterocycles. The van der Waals surface area contributed by atoms with E-state index in [9.17, 15) is 13.2 Å². The van der Waals surface area contributed by atoms with E-state index in [1.54, 1.807) is 7.05 Å². The van der Waals surface area contributed by atoms with Gasteiger partial charge in [0.25, 0.3) is 0 Å². The first-order valence-electron chi connectivity index (χ1n) is 5.25. The van der Waals surface area contributed by atoms with Crippen LogP contribution in [0.1, 0.15) is 12.7 Å². The second-order valence-electron chi connectivity index (χ2n) is 3.49. The average molecular weight is 284 g/mol. The highest BCUT2D eigenvalue weighted by atomic mass is 35.5. The van der Waals surface area contributed by atoms with E-state index in [2.05, 4.69) is 9.97 Å². The lowest BCUT2D eigenvalue weighted by Gasteiger charge is -2.19. The summed E-state index contributed by atoms with van der Waals surface area (Å²) in [6, 6.07) is 1.28. The largest absolute Gasteiger partial charge is 0.451 e. The Kier molecular flexibility index (Phi) is 5.15. The molecule has 0 fully saturated rings. The molecule has 0 radical (unpaired) electrons. The van der Waals surface area contributed by atoms with Crippen LogP contribution >= 0.6 is 11.6 Å². The van der Waals surface area contributed by atoms with Gasteiger partial charge in [0.2, 0.25) is 5.82 Å². The molecule has 8 heteroatoms. The van der Waals surface area contributed by atoms with Crippen molar-refractivity contribution in [2.45, 2.75) is 13.1 Å². The fourth-order valence-corrected chi connectivity index (χ4v) is 1.37. The topological polar surface area (TPSA) is 38.2 Å². The van der Waals surface area contributed by atoms with Crippen molar-refractivity contribution in [3.05, 3.63) is 17.0 Å². The molecule has 4 nitrogen and oxygen atoms in total. The van der Waals surface area contributed by atoms with Crippen LogP contribution in [0.3, 0.4) is 0 Å². The number of alkyl halides is 3. The van der Waals surface area contributed by atoms with E-state index in [4.69, 9.17) is 16.3 Å². The van der Waals surface area contributed by atoms with Gasteiger partial charge in [0.15, 0.2) is 0 Å². The summed E-state index contributed by atoms with van der Waals surface area (Å²) in [5.74, 6) is -1.13. The Labute approximate surface area is 108 Å². The summed E-state index contributed by atoms with van der Waals surface area (Å²) in [5.41, 5.74) is 0. The van der Waals surface area contributed by atoms with Crippen LogP contribution in [0.4, 0.5) is 19.0 Å². The molecule has 0 spiro atoms. The Morgan fingerprint density at radius 2 is 2.06 bits per heavy atom. The fraction of sp³-hybridized carbons (Fsp3) is 0.600. The minimum Gasteiger partial charge on any atom is -0.380 e. The van der Waals surface area contributed by atoms with E-state index in [0.29, 0.717) is 19.8 Å². The van der Waals surface area contributed by atoms with Gasteiger partial charge >= 0.3 is 6.18 Å². The molecule has 102 valence electrons. The molecule has 0 unspecified atom stereocenters. The van der Waals surface area contributed by atoms with E-state index in [1.807, 2.05) is 6.92 Å². The summed E-state index contributed by atoms with van der Waals surface area (Å²) in [6.07, 6.45) is -4.61. The van der Waals surface area contributed by atoms with Gasteiger partial charge in [-0.15, -0.1) is 0 Å². The lowest BCUT2D eigenvalue weighted by molar-refractivity contribution is -0.144. The Bertz CT molecular complexity index is 400. The molecule has 1 heterocycles. The number of likely N-dealkylation sites (N-methyl/N-ethyl adjacent to an activating group) is 1. The van der Waals surface area contributed by atoms with Gasteiger partial charge in [-0.05, 0) is 6.92 Å². The third kappa shape index (κ3) is 4.30. The minimum atomic E-state index is -4.61. The first-order chi connectivity index (χ1) is 8.34. The molecule has 0 aromatic carbocycles. The molecule has 1 rings (SSSR count). The SMILES string of the molecule is CCOCCN(C)c1cc(Cl)nc(C(F)(F)F)n1. The van der Waals surface area contributed by atoms with Crippen LogP contribution in [0, 0.1) is 0 Å². The maximum absolute atomic E-state index is 12.5. The van der Waals surface area contributed by atoms with Gasteiger partial charge in [0, 0.05) is 26.3 Å². The predicted octanol–water partition coefficient (Wildman–Crippen LogP) is 2.62. The average Bonchev–Trinajstić information content (AvgIpc) is 2.27. The van der Waals surface area contributed by atoms with Crippen LogP contribution in [0.2, 0.25) is 5.15 Å². The smallest absolute Gasteiger partial charge is 0.380 e. The molecule has 0 bridgehead atoms. The zero-order valence-corrected chi connectivity index (χ0v) is 10.7. The van der Waals surface area contributed by atoms with Gasteiger partial charge in [-0.25, -0.2) is 9.97 Å². The number of nitrogens with zero attached hydrogens (tertiary/aromatic N) is 3. The number of halogens is 4. The standard InChI is InChI=1S/C10H13ClF3N3O/c1-3-18-5-4-17(2)8-6-7(11)15-9(16-8)10(12,13)14/h6H,3-5H2,1-2H3. The van der Waals surface area contributed by atoms with Gasteiger partial charge in [0.1, 0.15) is 11.0 Å². The molecule has 18 heavy (non-hydrogen) atoms. The summed E-state index contributed by atoms with van der Waals surface area (Å²) < 4.78 is 42.6. The van der Waals surface area contributed by atoms with Crippen LogP contribution in [-0.4, -0.2) is 36.8 Å². The van der Waals surface area contributed by atoms with Gasteiger partial charge < -0.3 is 9.64 Å². The molecular formula is C10H13ClF3N3O. The van der Waals surface area contributed by atoms with Crippen molar-refractivity contribution in [2.75, 3.05) is 31.7 Å². The van der Waals surface area contributed by atoms with Crippen molar-refractivity contribution in [1.82, 2.24) is 9.97 Å². The van der Waals surface area contributed by atoms with Crippen molar-refractivity contribution in [3.63, 3.8) is 0 Å². The van der Waals surface area contributed by atoms with E-state index in [1.165, 1.54) is 11.0 Å². The second-order valence-corrected chi connectivity index (χ2v) is 3.88. The Morgan fingerprint density at radius 1 is 1.39 bits per heavy atom. The van der Waals surface area contributed by atoms with Gasteiger partial charge in [-0.2, -0.15) is 13.2 Å². The molecule has 0 N–H and O–H groups in total. The van der Waals surface area contributed by atoms with E-state index < -0.39 is 12.0 Å². The van der Waals surface area contributed by atoms with Crippen molar-refractivity contribution in [2.24, 2.45) is 0 Å². The van der Waals surface area contributed by atoms with Crippen molar-refractivity contribution < 1.29 is 17.9 Å². The molecule has 0 aliphatic carbocycles. The monoisotopic (exact) mass is 283 g/mol. The zero-order chi connectivity index (χ0) is 13.8. The van der Waals surface area contributed by atoms with E-state index >= 15 is 0 Å². The molecule has 1 aromatic rings. The minimum absolute atomic E-state index is 0.113. The Hall–Kier alpha value is -1.08. The lowest BCUT2D eigenvalue weighted by Crippen LogP contribution is -2.25. The van der Waals surface area contributed by atoms with Crippen LogP contribution in [-0.2, 0) is 10.9 Å². The number of hydrogen-bond acceptors (Lipinski definition) is 4. The van der Waals surface area contributed by atoms with Crippen LogP contribution in [0.25, 0.3) is 0 Å².